The lowest BCUT2D eigenvalue weighted by Gasteiger charge is -2.35. The quantitative estimate of drug-likeness (QED) is 0.681. The molecule has 1 saturated carbocycles. The molecule has 0 atom stereocenters. The zero-order chi connectivity index (χ0) is 19.3. The number of carbonyl (C=O) groups excluding carboxylic acids is 2. The molecular weight excluding hydrogens is 366 g/mol. The Kier molecular flexibility index (Phi) is 6.19. The minimum absolute atomic E-state index is 0.113. The third kappa shape index (κ3) is 4.90. The summed E-state index contributed by atoms with van der Waals surface area (Å²) in [6.07, 6.45) is 7.15. The maximum atomic E-state index is 12.7. The fourth-order valence-electron chi connectivity index (χ4n) is 3.61. The third-order valence-corrected chi connectivity index (χ3v) is 5.37. The molecule has 0 bridgehead atoms. The van der Waals surface area contributed by atoms with Crippen molar-refractivity contribution in [2.45, 2.75) is 38.5 Å². The summed E-state index contributed by atoms with van der Waals surface area (Å²) in [5.74, 6) is -0.349. The van der Waals surface area contributed by atoms with Crippen LogP contribution in [0.5, 0.6) is 0 Å². The van der Waals surface area contributed by atoms with Gasteiger partial charge in [-0.2, -0.15) is 0 Å². The fourth-order valence-corrected chi connectivity index (χ4v) is 3.78. The Hall–Kier alpha value is -2.31. The molecular formula is C20H24ClN3O3. The molecule has 1 aliphatic carbocycles. The fraction of sp³-hybridized carbons (Fsp3) is 0.400. The highest BCUT2D eigenvalue weighted by Crippen LogP contribution is 2.39. The molecule has 1 aliphatic rings. The summed E-state index contributed by atoms with van der Waals surface area (Å²) in [5.41, 5.74) is 6.76. The van der Waals surface area contributed by atoms with Crippen molar-refractivity contribution < 1.29 is 14.0 Å². The van der Waals surface area contributed by atoms with Gasteiger partial charge in [-0.1, -0.05) is 30.9 Å². The molecule has 2 aromatic rings. The van der Waals surface area contributed by atoms with E-state index in [1.54, 1.807) is 30.3 Å². The van der Waals surface area contributed by atoms with Crippen molar-refractivity contribution in [3.05, 3.63) is 47.4 Å². The average molecular weight is 390 g/mol. The van der Waals surface area contributed by atoms with E-state index in [0.29, 0.717) is 29.4 Å². The number of carbonyl (C=O) groups is 2. The highest BCUT2D eigenvalue weighted by molar-refractivity contribution is 6.31. The van der Waals surface area contributed by atoms with E-state index >= 15 is 0 Å². The smallest absolute Gasteiger partial charge is 0.291 e. The van der Waals surface area contributed by atoms with Gasteiger partial charge in [0.15, 0.2) is 5.76 Å². The molecule has 1 aromatic carbocycles. The van der Waals surface area contributed by atoms with E-state index in [4.69, 9.17) is 21.8 Å². The summed E-state index contributed by atoms with van der Waals surface area (Å²) in [6.45, 7) is 0.503. The zero-order valence-corrected chi connectivity index (χ0v) is 15.8. The first-order valence-electron chi connectivity index (χ1n) is 9.16. The van der Waals surface area contributed by atoms with Gasteiger partial charge in [0.05, 0.1) is 17.6 Å². The summed E-state index contributed by atoms with van der Waals surface area (Å²) >= 11 is 6.06. The zero-order valence-electron chi connectivity index (χ0n) is 15.1. The first-order valence-corrected chi connectivity index (χ1v) is 9.53. The number of furan rings is 1. The lowest BCUT2D eigenvalue weighted by Crippen LogP contribution is -2.36. The predicted molar refractivity (Wildman–Crippen MR) is 106 cm³/mol. The maximum Gasteiger partial charge on any atom is 0.291 e. The highest BCUT2D eigenvalue weighted by atomic mass is 35.5. The summed E-state index contributed by atoms with van der Waals surface area (Å²) < 4.78 is 5.10. The normalized spacial score (nSPS) is 15.9. The number of nitrogens with two attached hydrogens (primary N) is 1. The van der Waals surface area contributed by atoms with Crippen molar-refractivity contribution in [3.63, 3.8) is 0 Å². The van der Waals surface area contributed by atoms with Crippen LogP contribution in [0, 0.1) is 5.41 Å². The minimum Gasteiger partial charge on any atom is -0.459 e. The van der Waals surface area contributed by atoms with Gasteiger partial charge >= 0.3 is 0 Å². The van der Waals surface area contributed by atoms with Crippen LogP contribution >= 0.6 is 11.6 Å². The van der Waals surface area contributed by atoms with Crippen LogP contribution in [-0.4, -0.2) is 18.4 Å². The van der Waals surface area contributed by atoms with Gasteiger partial charge < -0.3 is 20.8 Å². The molecule has 144 valence electrons. The molecule has 0 unspecified atom stereocenters. The first kappa shape index (κ1) is 19.5. The van der Waals surface area contributed by atoms with Gasteiger partial charge in [0, 0.05) is 11.4 Å². The van der Waals surface area contributed by atoms with Gasteiger partial charge in [0.1, 0.15) is 0 Å². The van der Waals surface area contributed by atoms with Crippen LogP contribution in [0.1, 0.15) is 49.1 Å². The van der Waals surface area contributed by atoms with Crippen molar-refractivity contribution in [2.24, 2.45) is 11.1 Å². The number of halogens is 1. The number of rotatable bonds is 6. The van der Waals surface area contributed by atoms with Gasteiger partial charge in [-0.3, -0.25) is 9.59 Å². The monoisotopic (exact) mass is 389 g/mol. The van der Waals surface area contributed by atoms with E-state index in [0.717, 1.165) is 25.7 Å². The summed E-state index contributed by atoms with van der Waals surface area (Å²) in [7, 11) is 0. The Labute approximate surface area is 163 Å². The molecule has 1 fully saturated rings. The van der Waals surface area contributed by atoms with Gasteiger partial charge in [-0.05, 0) is 55.1 Å². The van der Waals surface area contributed by atoms with Crippen LogP contribution < -0.4 is 16.4 Å². The molecule has 0 spiro atoms. The molecule has 0 aliphatic heterocycles. The van der Waals surface area contributed by atoms with Gasteiger partial charge in [0.25, 0.3) is 5.91 Å². The third-order valence-electron chi connectivity index (χ3n) is 5.13. The standard InChI is InChI=1S/C20H24ClN3O3/c21-14-6-7-15(16(11-14)24-19(26)17-5-4-10-27-17)23-18(25)12-20(13-22)8-2-1-3-9-20/h4-7,10-11H,1-3,8-9,12-13,22H2,(H,23,25)(H,24,26). The van der Waals surface area contributed by atoms with E-state index in [1.165, 1.54) is 12.7 Å². The SMILES string of the molecule is NCC1(CC(=O)Nc2ccc(Cl)cc2NC(=O)c2ccco2)CCCCC1. The highest BCUT2D eigenvalue weighted by Gasteiger charge is 2.33. The van der Waals surface area contributed by atoms with Crippen molar-refractivity contribution in [2.75, 3.05) is 17.2 Å². The Morgan fingerprint density at radius 1 is 1.11 bits per heavy atom. The van der Waals surface area contributed by atoms with E-state index < -0.39 is 5.91 Å². The van der Waals surface area contributed by atoms with Crippen LogP contribution in [-0.2, 0) is 4.79 Å². The molecule has 1 aromatic heterocycles. The average Bonchev–Trinajstić information content (AvgIpc) is 3.19. The number of benzene rings is 1. The van der Waals surface area contributed by atoms with E-state index in [-0.39, 0.29) is 17.1 Å². The number of hydrogen-bond donors (Lipinski definition) is 3. The number of anilines is 2. The lowest BCUT2D eigenvalue weighted by atomic mass is 9.71. The van der Waals surface area contributed by atoms with Crippen molar-refractivity contribution >= 4 is 34.8 Å². The predicted octanol–water partition coefficient (Wildman–Crippen LogP) is 4.42. The second kappa shape index (κ2) is 8.59. The van der Waals surface area contributed by atoms with Crippen molar-refractivity contribution in [1.82, 2.24) is 0 Å². The lowest BCUT2D eigenvalue weighted by molar-refractivity contribution is -0.118. The van der Waals surface area contributed by atoms with Crippen molar-refractivity contribution in [1.29, 1.82) is 0 Å². The molecule has 0 saturated heterocycles. The molecule has 4 N–H and O–H groups in total. The molecule has 0 radical (unpaired) electrons. The Morgan fingerprint density at radius 3 is 2.56 bits per heavy atom. The van der Waals surface area contributed by atoms with E-state index in [1.807, 2.05) is 0 Å². The van der Waals surface area contributed by atoms with Gasteiger partial charge in [-0.25, -0.2) is 0 Å². The minimum atomic E-state index is -0.413. The number of amides is 2. The van der Waals surface area contributed by atoms with Crippen LogP contribution in [0.25, 0.3) is 0 Å². The van der Waals surface area contributed by atoms with Crippen LogP contribution in [0.2, 0.25) is 5.02 Å². The van der Waals surface area contributed by atoms with E-state index in [9.17, 15) is 9.59 Å². The summed E-state index contributed by atoms with van der Waals surface area (Å²) in [4.78, 5) is 24.9. The summed E-state index contributed by atoms with van der Waals surface area (Å²) in [5, 5.41) is 6.08. The topological polar surface area (TPSA) is 97.4 Å². The number of hydrogen-bond acceptors (Lipinski definition) is 4. The molecule has 6 nitrogen and oxygen atoms in total. The van der Waals surface area contributed by atoms with Gasteiger partial charge in [-0.15, -0.1) is 0 Å². The molecule has 3 rings (SSSR count). The second-order valence-electron chi connectivity index (χ2n) is 7.11. The molecule has 27 heavy (non-hydrogen) atoms. The Morgan fingerprint density at radius 2 is 1.89 bits per heavy atom. The van der Waals surface area contributed by atoms with Crippen LogP contribution in [0.3, 0.4) is 0 Å². The first-order chi connectivity index (χ1) is 13.0. The molecule has 2 amide bonds. The van der Waals surface area contributed by atoms with Gasteiger partial charge in [0.2, 0.25) is 5.91 Å². The number of nitrogens with one attached hydrogen (secondary N) is 2. The molecule has 7 heteroatoms. The largest absolute Gasteiger partial charge is 0.459 e. The van der Waals surface area contributed by atoms with Crippen molar-refractivity contribution in [3.8, 4) is 0 Å². The van der Waals surface area contributed by atoms with Crippen LogP contribution in [0.15, 0.2) is 41.0 Å². The Bertz CT molecular complexity index is 799. The van der Waals surface area contributed by atoms with Crippen LogP contribution in [0.4, 0.5) is 11.4 Å². The molecule has 1 heterocycles. The summed E-state index contributed by atoms with van der Waals surface area (Å²) in [6, 6.07) is 8.13. The second-order valence-corrected chi connectivity index (χ2v) is 7.55. The maximum absolute atomic E-state index is 12.7. The Balaban J connectivity index is 1.72. The van der Waals surface area contributed by atoms with E-state index in [2.05, 4.69) is 10.6 Å².